The Labute approximate surface area is 171 Å². The van der Waals surface area contributed by atoms with Gasteiger partial charge in [0.2, 0.25) is 0 Å². The lowest BCUT2D eigenvalue weighted by atomic mass is 9.99. The molecule has 4 heteroatoms. The second kappa shape index (κ2) is 10.6. The average molecular weight is 401 g/mol. The van der Waals surface area contributed by atoms with Crippen LogP contribution < -0.4 is 4.74 Å². The van der Waals surface area contributed by atoms with E-state index in [1.54, 1.807) is 7.11 Å². The van der Waals surface area contributed by atoms with Crippen LogP contribution in [0.4, 0.5) is 0 Å². The number of methoxy groups -OCH3 is 1. The summed E-state index contributed by atoms with van der Waals surface area (Å²) in [5.74, 6) is 4.05. The zero-order chi connectivity index (χ0) is 20.6. The third-order valence-electron chi connectivity index (χ3n) is 4.36. The lowest BCUT2D eigenvalue weighted by molar-refractivity contribution is 0.106. The summed E-state index contributed by atoms with van der Waals surface area (Å²) in [6.07, 6.45) is 7.39. The lowest BCUT2D eigenvalue weighted by Crippen LogP contribution is -2.02. The Kier molecular flexibility index (Phi) is 8.44. The van der Waals surface area contributed by atoms with Gasteiger partial charge in [0, 0.05) is 6.42 Å². The molecule has 0 aliphatic rings. The van der Waals surface area contributed by atoms with Crippen molar-refractivity contribution in [3.05, 3.63) is 64.7 Å². The molecule has 0 aliphatic carbocycles. The van der Waals surface area contributed by atoms with Gasteiger partial charge in [0.05, 0.1) is 26.4 Å². The van der Waals surface area contributed by atoms with E-state index in [9.17, 15) is 5.11 Å². The standard InChI is InChI=1S/C24H32O3S/c1-19-9-12-21(24(25)8-6-7-15-28(3,4)5)16-22(19)18-27-17-20-10-13-23(26-2)14-11-20/h9-14,16,24-25H,6,8,17-18H2,1-5H3. The van der Waals surface area contributed by atoms with E-state index in [-0.39, 0.29) is 0 Å². The zero-order valence-corrected chi connectivity index (χ0v) is 18.4. The highest BCUT2D eigenvalue weighted by Gasteiger charge is 2.09. The van der Waals surface area contributed by atoms with E-state index >= 15 is 0 Å². The van der Waals surface area contributed by atoms with Crippen molar-refractivity contribution in [2.75, 3.05) is 25.9 Å². The van der Waals surface area contributed by atoms with Gasteiger partial charge in [-0.05, 0) is 66.5 Å². The minimum atomic E-state index is -0.803. The van der Waals surface area contributed by atoms with Gasteiger partial charge in [-0.25, -0.2) is 0 Å². The van der Waals surface area contributed by atoms with Crippen LogP contribution in [0.1, 0.15) is 41.2 Å². The molecule has 0 spiro atoms. The van der Waals surface area contributed by atoms with Crippen molar-refractivity contribution in [1.82, 2.24) is 0 Å². The van der Waals surface area contributed by atoms with Crippen LogP contribution in [-0.2, 0) is 18.0 Å². The molecule has 28 heavy (non-hydrogen) atoms. The van der Waals surface area contributed by atoms with E-state index in [1.807, 2.05) is 30.3 Å². The summed E-state index contributed by atoms with van der Waals surface area (Å²) in [4.78, 5) is 0. The summed E-state index contributed by atoms with van der Waals surface area (Å²) in [6.45, 7) is 3.13. The van der Waals surface area contributed by atoms with Gasteiger partial charge in [0.1, 0.15) is 5.75 Å². The van der Waals surface area contributed by atoms with Crippen LogP contribution in [0.15, 0.2) is 42.5 Å². The maximum Gasteiger partial charge on any atom is 0.118 e. The van der Waals surface area contributed by atoms with Gasteiger partial charge in [0.15, 0.2) is 0 Å². The lowest BCUT2D eigenvalue weighted by Gasteiger charge is -2.15. The van der Waals surface area contributed by atoms with Crippen LogP contribution >= 0.6 is 10.0 Å². The Morgan fingerprint density at radius 3 is 2.39 bits per heavy atom. The molecular weight excluding hydrogens is 368 g/mol. The van der Waals surface area contributed by atoms with Crippen molar-refractivity contribution in [2.45, 2.75) is 39.1 Å². The molecule has 152 valence electrons. The topological polar surface area (TPSA) is 38.7 Å². The predicted octanol–water partition coefficient (Wildman–Crippen LogP) is 5.19. The molecule has 0 radical (unpaired) electrons. The van der Waals surface area contributed by atoms with Gasteiger partial charge in [-0.1, -0.05) is 41.5 Å². The van der Waals surface area contributed by atoms with Crippen molar-refractivity contribution >= 4 is 10.0 Å². The first kappa shape index (κ1) is 22.4. The number of hydrogen-bond acceptors (Lipinski definition) is 3. The van der Waals surface area contributed by atoms with E-state index < -0.39 is 16.1 Å². The number of aliphatic hydroxyl groups is 1. The molecular formula is C24H32O3S. The number of aryl methyl sites for hydroxylation is 1. The first-order valence-corrected chi connectivity index (χ1v) is 12.3. The van der Waals surface area contributed by atoms with Crippen molar-refractivity contribution in [3.63, 3.8) is 0 Å². The van der Waals surface area contributed by atoms with Crippen molar-refractivity contribution < 1.29 is 14.6 Å². The fourth-order valence-electron chi connectivity index (χ4n) is 2.70. The highest BCUT2D eigenvalue weighted by molar-refractivity contribution is 8.35. The largest absolute Gasteiger partial charge is 0.497 e. The van der Waals surface area contributed by atoms with E-state index in [0.29, 0.717) is 26.1 Å². The van der Waals surface area contributed by atoms with Crippen LogP contribution in [0.5, 0.6) is 5.75 Å². The number of hydrogen-bond donors (Lipinski definition) is 1. The zero-order valence-electron chi connectivity index (χ0n) is 17.6. The Hall–Kier alpha value is -1.93. The third-order valence-corrected chi connectivity index (χ3v) is 5.12. The Bertz CT molecular complexity index is 810. The predicted molar refractivity (Wildman–Crippen MR) is 120 cm³/mol. The van der Waals surface area contributed by atoms with Gasteiger partial charge in [-0.3, -0.25) is 0 Å². The monoisotopic (exact) mass is 400 g/mol. The van der Waals surface area contributed by atoms with Crippen LogP contribution in [0.3, 0.4) is 0 Å². The van der Waals surface area contributed by atoms with Crippen LogP contribution in [0, 0.1) is 18.1 Å². The van der Waals surface area contributed by atoms with E-state index in [0.717, 1.165) is 22.4 Å². The maximum absolute atomic E-state index is 10.5. The van der Waals surface area contributed by atoms with Gasteiger partial charge in [0.25, 0.3) is 0 Å². The Balaban J connectivity index is 1.91. The van der Waals surface area contributed by atoms with E-state index in [4.69, 9.17) is 9.47 Å². The second-order valence-electron chi connectivity index (χ2n) is 7.70. The van der Waals surface area contributed by atoms with Crippen LogP contribution in [0.25, 0.3) is 0 Å². The minimum Gasteiger partial charge on any atom is -0.497 e. The molecule has 1 unspecified atom stereocenters. The van der Waals surface area contributed by atoms with Crippen LogP contribution in [0.2, 0.25) is 0 Å². The first-order chi connectivity index (χ1) is 13.3. The highest BCUT2D eigenvalue weighted by Crippen LogP contribution is 2.32. The van der Waals surface area contributed by atoms with Gasteiger partial charge >= 0.3 is 0 Å². The number of benzene rings is 2. The molecule has 2 rings (SSSR count). The smallest absolute Gasteiger partial charge is 0.118 e. The van der Waals surface area contributed by atoms with Gasteiger partial charge in [-0.15, -0.1) is 0 Å². The second-order valence-corrected chi connectivity index (χ2v) is 11.6. The summed E-state index contributed by atoms with van der Waals surface area (Å²) in [7, 11) is 0.858. The molecule has 2 aromatic carbocycles. The number of ether oxygens (including phenoxy) is 2. The van der Waals surface area contributed by atoms with Crippen molar-refractivity contribution in [1.29, 1.82) is 0 Å². The molecule has 0 saturated carbocycles. The minimum absolute atomic E-state index is 0.495. The van der Waals surface area contributed by atoms with Crippen molar-refractivity contribution in [3.8, 4) is 16.9 Å². The summed E-state index contributed by atoms with van der Waals surface area (Å²) < 4.78 is 11.1. The number of rotatable bonds is 8. The molecule has 3 nitrogen and oxygen atoms in total. The quantitative estimate of drug-likeness (QED) is 0.620. The van der Waals surface area contributed by atoms with Crippen molar-refractivity contribution in [2.24, 2.45) is 0 Å². The molecule has 0 fully saturated rings. The van der Waals surface area contributed by atoms with Gasteiger partial charge < -0.3 is 14.6 Å². The number of aliphatic hydroxyl groups excluding tert-OH is 1. The van der Waals surface area contributed by atoms with Crippen LogP contribution in [-0.4, -0.2) is 31.0 Å². The Morgan fingerprint density at radius 2 is 1.75 bits per heavy atom. The summed E-state index contributed by atoms with van der Waals surface area (Å²) in [5, 5.41) is 13.8. The molecule has 1 N–H and O–H groups in total. The molecule has 1 atom stereocenters. The van der Waals surface area contributed by atoms with E-state index in [1.165, 1.54) is 5.56 Å². The SMILES string of the molecule is COc1ccc(COCc2cc(C(O)CCC#CS(C)(C)C)ccc2C)cc1. The Morgan fingerprint density at radius 1 is 1.04 bits per heavy atom. The van der Waals surface area contributed by atoms with E-state index in [2.05, 4.69) is 49.0 Å². The molecule has 0 heterocycles. The fourth-order valence-corrected chi connectivity index (χ4v) is 3.23. The average Bonchev–Trinajstić information content (AvgIpc) is 2.66. The molecule has 0 bridgehead atoms. The third kappa shape index (κ3) is 7.59. The highest BCUT2D eigenvalue weighted by atomic mass is 32.3. The van der Waals surface area contributed by atoms with Gasteiger partial charge in [-0.2, -0.15) is 10.0 Å². The first-order valence-electron chi connectivity index (χ1n) is 9.44. The summed E-state index contributed by atoms with van der Waals surface area (Å²) in [6, 6.07) is 14.0. The molecule has 0 aromatic heterocycles. The molecule has 2 aromatic rings. The maximum atomic E-state index is 10.5. The normalized spacial score (nSPS) is 12.8. The molecule has 0 aliphatic heterocycles. The molecule has 0 amide bonds. The summed E-state index contributed by atoms with van der Waals surface area (Å²) >= 11 is 0. The summed E-state index contributed by atoms with van der Waals surface area (Å²) in [5.41, 5.74) is 4.31. The molecule has 0 saturated heterocycles. The fraction of sp³-hybridized carbons (Fsp3) is 0.417.